The number of hydrogen-bond acceptors (Lipinski definition) is 4. The van der Waals surface area contributed by atoms with Crippen molar-refractivity contribution in [2.45, 2.75) is 13.2 Å². The second-order valence-electron chi connectivity index (χ2n) is 7.92. The fraction of sp³-hybridized carbons (Fsp3) is 0.269. The number of ether oxygens (including phenoxy) is 2. The van der Waals surface area contributed by atoms with E-state index in [1.807, 2.05) is 36.4 Å². The maximum Gasteiger partial charge on any atom is 0.162 e. The summed E-state index contributed by atoms with van der Waals surface area (Å²) >= 11 is 15.8. The third-order valence-corrected chi connectivity index (χ3v) is 7.24. The van der Waals surface area contributed by atoms with E-state index in [9.17, 15) is 0 Å². The van der Waals surface area contributed by atoms with Crippen LogP contribution in [0.2, 0.25) is 5.02 Å². The number of benzene rings is 3. The maximum atomic E-state index is 6.26. The lowest BCUT2D eigenvalue weighted by Gasteiger charge is -2.36. The van der Waals surface area contributed by atoms with Gasteiger partial charge in [-0.3, -0.25) is 4.90 Å². The molecule has 0 unspecified atom stereocenters. The van der Waals surface area contributed by atoms with Crippen molar-refractivity contribution in [3.05, 3.63) is 92.9 Å². The Bertz CT molecular complexity index is 1100. The van der Waals surface area contributed by atoms with Crippen molar-refractivity contribution in [1.82, 2.24) is 9.80 Å². The molecule has 7 heteroatoms. The predicted octanol–water partition coefficient (Wildman–Crippen LogP) is 6.18. The molecule has 1 aliphatic heterocycles. The van der Waals surface area contributed by atoms with Crippen LogP contribution in [-0.4, -0.2) is 48.1 Å². The molecule has 33 heavy (non-hydrogen) atoms. The predicted molar refractivity (Wildman–Crippen MR) is 141 cm³/mol. The van der Waals surface area contributed by atoms with E-state index in [0.717, 1.165) is 53.3 Å². The minimum atomic E-state index is 0.357. The Morgan fingerprint density at radius 2 is 1.67 bits per heavy atom. The molecular formula is C26H26BrClN2O2S. The van der Waals surface area contributed by atoms with E-state index in [1.54, 1.807) is 7.11 Å². The summed E-state index contributed by atoms with van der Waals surface area (Å²) < 4.78 is 12.5. The van der Waals surface area contributed by atoms with Crippen molar-refractivity contribution < 1.29 is 9.47 Å². The molecule has 3 aromatic carbocycles. The van der Waals surface area contributed by atoms with E-state index in [4.69, 9.17) is 33.3 Å². The van der Waals surface area contributed by atoms with Crippen molar-refractivity contribution >= 4 is 44.7 Å². The first kappa shape index (κ1) is 24.0. The average Bonchev–Trinajstić information content (AvgIpc) is 2.84. The van der Waals surface area contributed by atoms with Crippen molar-refractivity contribution in [2.75, 3.05) is 33.3 Å². The molecule has 0 aliphatic carbocycles. The summed E-state index contributed by atoms with van der Waals surface area (Å²) in [7, 11) is 1.64. The van der Waals surface area contributed by atoms with Crippen LogP contribution in [0.3, 0.4) is 0 Å². The molecule has 1 aliphatic rings. The first-order valence-electron chi connectivity index (χ1n) is 10.8. The largest absolute Gasteiger partial charge is 0.493 e. The van der Waals surface area contributed by atoms with E-state index in [2.05, 4.69) is 56.1 Å². The minimum absolute atomic E-state index is 0.357. The van der Waals surface area contributed by atoms with Gasteiger partial charge >= 0.3 is 0 Å². The lowest BCUT2D eigenvalue weighted by atomic mass is 10.1. The summed E-state index contributed by atoms with van der Waals surface area (Å²) in [5, 5.41) is 0.680. The fourth-order valence-corrected chi connectivity index (χ4v) is 5.05. The molecule has 1 fully saturated rings. The van der Waals surface area contributed by atoms with Gasteiger partial charge in [-0.2, -0.15) is 0 Å². The third-order valence-electron chi connectivity index (χ3n) is 5.73. The van der Waals surface area contributed by atoms with Crippen LogP contribution in [0.15, 0.2) is 71.2 Å². The molecule has 0 atom stereocenters. The average molecular weight is 546 g/mol. The summed E-state index contributed by atoms with van der Waals surface area (Å²) in [4.78, 5) is 5.55. The highest BCUT2D eigenvalue weighted by Gasteiger charge is 2.22. The van der Waals surface area contributed by atoms with Gasteiger partial charge in [0.15, 0.2) is 11.5 Å². The molecule has 0 aromatic heterocycles. The molecule has 0 bridgehead atoms. The Balaban J connectivity index is 1.41. The third kappa shape index (κ3) is 6.07. The Morgan fingerprint density at radius 3 is 2.36 bits per heavy atom. The zero-order valence-corrected chi connectivity index (χ0v) is 21.6. The molecule has 1 saturated heterocycles. The Morgan fingerprint density at radius 1 is 0.970 bits per heavy atom. The molecule has 172 valence electrons. The summed E-state index contributed by atoms with van der Waals surface area (Å²) in [5.41, 5.74) is 3.20. The lowest BCUT2D eigenvalue weighted by molar-refractivity contribution is 0.177. The highest BCUT2D eigenvalue weighted by atomic mass is 79.9. The molecule has 3 aromatic rings. The van der Waals surface area contributed by atoms with Gasteiger partial charge in [0.1, 0.15) is 11.6 Å². The van der Waals surface area contributed by atoms with Crippen LogP contribution in [0, 0.1) is 0 Å². The highest BCUT2D eigenvalue weighted by molar-refractivity contribution is 9.10. The SMILES string of the molecule is COc1cc(C(=S)N2CCN(Cc3ccccc3)CC2)c(Br)cc1OCc1ccccc1Cl. The number of rotatable bonds is 7. The normalized spacial score (nSPS) is 14.2. The molecule has 0 radical (unpaired) electrons. The van der Waals surface area contributed by atoms with E-state index >= 15 is 0 Å². The Labute approximate surface area is 214 Å². The monoisotopic (exact) mass is 544 g/mol. The summed E-state index contributed by atoms with van der Waals surface area (Å²) in [5.74, 6) is 1.29. The van der Waals surface area contributed by atoms with E-state index in [0.29, 0.717) is 23.1 Å². The molecule has 4 rings (SSSR count). The molecule has 0 amide bonds. The number of thiocarbonyl (C=S) groups is 1. The lowest BCUT2D eigenvalue weighted by Crippen LogP contribution is -2.48. The number of nitrogens with zero attached hydrogens (tertiary/aromatic N) is 2. The maximum absolute atomic E-state index is 6.26. The Hall–Kier alpha value is -2.12. The first-order chi connectivity index (χ1) is 16.0. The van der Waals surface area contributed by atoms with Crippen LogP contribution in [-0.2, 0) is 13.2 Å². The summed E-state index contributed by atoms with van der Waals surface area (Å²) in [6.07, 6.45) is 0. The van der Waals surface area contributed by atoms with Crippen LogP contribution in [0.1, 0.15) is 16.7 Å². The van der Waals surface area contributed by atoms with Crippen LogP contribution >= 0.6 is 39.7 Å². The quantitative estimate of drug-likeness (QED) is 0.330. The van der Waals surface area contributed by atoms with Crippen LogP contribution in [0.5, 0.6) is 11.5 Å². The smallest absolute Gasteiger partial charge is 0.162 e. The standard InChI is InChI=1S/C26H26BrClN2O2S/c1-31-24-15-21(22(27)16-25(24)32-18-20-9-5-6-10-23(20)28)26(33)30-13-11-29(12-14-30)17-19-7-3-2-4-8-19/h2-10,15-16H,11-14,17-18H2,1H3. The van der Waals surface area contributed by atoms with Gasteiger partial charge in [0.2, 0.25) is 0 Å². The zero-order valence-electron chi connectivity index (χ0n) is 18.5. The fourth-order valence-electron chi connectivity index (χ4n) is 3.86. The Kier molecular flexibility index (Phi) is 8.25. The summed E-state index contributed by atoms with van der Waals surface area (Å²) in [6.45, 7) is 5.06. The van der Waals surface area contributed by atoms with Crippen molar-refractivity contribution in [1.29, 1.82) is 0 Å². The first-order valence-corrected chi connectivity index (χ1v) is 12.4. The van der Waals surface area contributed by atoms with Crippen molar-refractivity contribution in [2.24, 2.45) is 0 Å². The number of halogens is 2. The van der Waals surface area contributed by atoms with Gasteiger partial charge in [-0.05, 0) is 39.7 Å². The zero-order chi connectivity index (χ0) is 23.2. The van der Waals surface area contributed by atoms with Crippen molar-refractivity contribution in [3.63, 3.8) is 0 Å². The molecule has 0 saturated carbocycles. The second-order valence-corrected chi connectivity index (χ2v) is 9.57. The van der Waals surface area contributed by atoms with Gasteiger partial charge in [0, 0.05) is 53.3 Å². The van der Waals surface area contributed by atoms with E-state index < -0.39 is 0 Å². The van der Waals surface area contributed by atoms with E-state index in [-0.39, 0.29) is 0 Å². The van der Waals surface area contributed by atoms with Gasteiger partial charge in [-0.15, -0.1) is 0 Å². The van der Waals surface area contributed by atoms with Gasteiger partial charge in [-0.1, -0.05) is 72.3 Å². The second kappa shape index (κ2) is 11.3. The molecule has 1 heterocycles. The molecule has 0 N–H and O–H groups in total. The molecule has 0 spiro atoms. The number of hydrogen-bond donors (Lipinski definition) is 0. The highest BCUT2D eigenvalue weighted by Crippen LogP contribution is 2.35. The van der Waals surface area contributed by atoms with Crippen LogP contribution in [0.25, 0.3) is 0 Å². The molecule has 4 nitrogen and oxygen atoms in total. The van der Waals surface area contributed by atoms with Crippen molar-refractivity contribution in [3.8, 4) is 11.5 Å². The number of methoxy groups -OCH3 is 1. The molecular weight excluding hydrogens is 520 g/mol. The van der Waals surface area contributed by atoms with Crippen LogP contribution < -0.4 is 9.47 Å². The van der Waals surface area contributed by atoms with E-state index in [1.165, 1.54) is 5.56 Å². The minimum Gasteiger partial charge on any atom is -0.493 e. The van der Waals surface area contributed by atoms with Gasteiger partial charge in [-0.25, -0.2) is 0 Å². The summed E-state index contributed by atoms with van der Waals surface area (Å²) in [6, 6.07) is 22.1. The van der Waals surface area contributed by atoms with Gasteiger partial charge < -0.3 is 14.4 Å². The number of piperazine rings is 1. The van der Waals surface area contributed by atoms with Gasteiger partial charge in [0.25, 0.3) is 0 Å². The topological polar surface area (TPSA) is 24.9 Å². The van der Waals surface area contributed by atoms with Gasteiger partial charge in [0.05, 0.1) is 7.11 Å². The van der Waals surface area contributed by atoms with Crippen LogP contribution in [0.4, 0.5) is 0 Å².